The number of aromatic nitrogens is 4. The fourth-order valence-corrected chi connectivity index (χ4v) is 2.65. The Morgan fingerprint density at radius 1 is 1.40 bits per heavy atom. The lowest BCUT2D eigenvalue weighted by molar-refractivity contribution is 0.507. The number of nitrogen functional groups attached to an aromatic ring is 1. The molecule has 0 saturated heterocycles. The van der Waals surface area contributed by atoms with Gasteiger partial charge in [-0.25, -0.2) is 13.5 Å². The van der Waals surface area contributed by atoms with Gasteiger partial charge < -0.3 is 5.73 Å². The van der Waals surface area contributed by atoms with Crippen LogP contribution in [0.3, 0.4) is 0 Å². The molecule has 2 N–H and O–H groups in total. The van der Waals surface area contributed by atoms with Gasteiger partial charge in [-0.2, -0.15) is 0 Å². The average molecular weight is 301 g/mol. The molecule has 2 unspecified atom stereocenters. The lowest BCUT2D eigenvalue weighted by Crippen LogP contribution is -2.16. The van der Waals surface area contributed by atoms with Gasteiger partial charge in [0.25, 0.3) is 0 Å². The maximum atomic E-state index is 13.3. The number of anilines is 1. The molecule has 2 aromatic rings. The summed E-state index contributed by atoms with van der Waals surface area (Å²) in [5.41, 5.74) is 5.91. The van der Waals surface area contributed by atoms with E-state index in [0.717, 1.165) is 12.1 Å². The molecule has 1 heterocycles. The number of benzene rings is 1. The van der Waals surface area contributed by atoms with Gasteiger partial charge in [0.15, 0.2) is 17.5 Å². The third-order valence-electron chi connectivity index (χ3n) is 2.72. The monoisotopic (exact) mass is 301 g/mol. The highest BCUT2D eigenvalue weighted by Gasteiger charge is 2.19. The maximum absolute atomic E-state index is 13.3. The zero-order chi connectivity index (χ0) is 14.9. The van der Waals surface area contributed by atoms with Crippen molar-refractivity contribution >= 4 is 16.5 Å². The second-order valence-corrected chi connectivity index (χ2v) is 5.87. The molecule has 6 nitrogen and oxygen atoms in total. The summed E-state index contributed by atoms with van der Waals surface area (Å²) in [6.45, 7) is 1.78. The molecule has 0 saturated carbocycles. The molecule has 9 heteroatoms. The van der Waals surface area contributed by atoms with E-state index in [-0.39, 0.29) is 23.1 Å². The van der Waals surface area contributed by atoms with Crippen LogP contribution >= 0.6 is 0 Å². The Morgan fingerprint density at radius 2 is 2.05 bits per heavy atom. The summed E-state index contributed by atoms with van der Waals surface area (Å²) >= 11 is 0. The minimum absolute atomic E-state index is 0.0322. The van der Waals surface area contributed by atoms with E-state index in [2.05, 4.69) is 15.5 Å². The number of nitrogens with zero attached hydrogens (tertiary/aromatic N) is 4. The molecule has 1 aromatic heterocycles. The number of halogens is 2. The van der Waals surface area contributed by atoms with Crippen molar-refractivity contribution in [1.29, 1.82) is 0 Å². The summed E-state index contributed by atoms with van der Waals surface area (Å²) in [6, 6.07) is 1.56. The van der Waals surface area contributed by atoms with E-state index in [1.165, 1.54) is 4.68 Å². The van der Waals surface area contributed by atoms with Crippen LogP contribution in [0.15, 0.2) is 12.1 Å². The summed E-state index contributed by atoms with van der Waals surface area (Å²) in [6.07, 6.45) is 1.56. The quantitative estimate of drug-likeness (QED) is 0.856. The topological polar surface area (TPSA) is 86.7 Å². The van der Waals surface area contributed by atoms with Crippen LogP contribution in [0, 0.1) is 11.6 Å². The van der Waals surface area contributed by atoms with E-state index in [9.17, 15) is 13.0 Å². The highest BCUT2D eigenvalue weighted by molar-refractivity contribution is 7.84. The molecule has 108 valence electrons. The lowest BCUT2D eigenvalue weighted by Gasteiger charge is -2.13. The molecule has 0 fully saturated rings. The highest BCUT2D eigenvalue weighted by atomic mass is 32.2. The maximum Gasteiger partial charge on any atom is 0.184 e. The van der Waals surface area contributed by atoms with Crippen LogP contribution in [-0.4, -0.2) is 36.4 Å². The largest absolute Gasteiger partial charge is 0.398 e. The molecule has 2 atom stereocenters. The van der Waals surface area contributed by atoms with Gasteiger partial charge in [-0.05, 0) is 23.4 Å². The second-order valence-electron chi connectivity index (χ2n) is 4.39. The van der Waals surface area contributed by atoms with Crippen molar-refractivity contribution in [2.45, 2.75) is 13.0 Å². The van der Waals surface area contributed by atoms with Crippen LogP contribution in [0.1, 0.15) is 13.0 Å². The van der Waals surface area contributed by atoms with E-state index >= 15 is 0 Å². The lowest BCUT2D eigenvalue weighted by atomic mass is 10.1. The van der Waals surface area contributed by atoms with Gasteiger partial charge in [0, 0.05) is 40.1 Å². The third-order valence-corrected chi connectivity index (χ3v) is 3.67. The summed E-state index contributed by atoms with van der Waals surface area (Å²) in [7, 11) is -1.04. The fraction of sp³-hybridized carbons (Fsp3) is 0.364. The molecule has 0 radical (unpaired) electrons. The Bertz CT molecular complexity index is 660. The molecule has 20 heavy (non-hydrogen) atoms. The van der Waals surface area contributed by atoms with Gasteiger partial charge in [-0.1, -0.05) is 0 Å². The van der Waals surface area contributed by atoms with Crippen molar-refractivity contribution in [2.24, 2.45) is 0 Å². The summed E-state index contributed by atoms with van der Waals surface area (Å²) in [4.78, 5) is 0. The summed E-state index contributed by atoms with van der Waals surface area (Å²) in [5.74, 6) is -1.52. The average Bonchev–Trinajstić information content (AvgIpc) is 2.81. The van der Waals surface area contributed by atoms with E-state index in [0.29, 0.717) is 5.75 Å². The first-order chi connectivity index (χ1) is 9.40. The van der Waals surface area contributed by atoms with Gasteiger partial charge in [0.05, 0.1) is 6.04 Å². The van der Waals surface area contributed by atoms with Gasteiger partial charge in [0.2, 0.25) is 0 Å². The predicted octanol–water partition coefficient (Wildman–Crippen LogP) is 1.14. The SMILES string of the molecule is CC(CS(C)=O)n1nnnc1-c1cc(F)c(F)cc1N. The molecule has 0 amide bonds. The van der Waals surface area contributed by atoms with Crippen molar-refractivity contribution in [3.63, 3.8) is 0 Å². The molecule has 0 bridgehead atoms. The zero-order valence-electron chi connectivity index (χ0n) is 10.9. The number of hydrogen-bond donors (Lipinski definition) is 1. The molecule has 0 aliphatic carbocycles. The molecular weight excluding hydrogens is 288 g/mol. The van der Waals surface area contributed by atoms with Crippen LogP contribution in [0.4, 0.5) is 14.5 Å². The molecule has 1 aromatic carbocycles. The van der Waals surface area contributed by atoms with E-state index < -0.39 is 22.4 Å². The first kappa shape index (κ1) is 14.5. The zero-order valence-corrected chi connectivity index (χ0v) is 11.7. The molecule has 0 aliphatic rings. The van der Waals surface area contributed by atoms with E-state index in [1.807, 2.05) is 0 Å². The molecule has 0 aliphatic heterocycles. The van der Waals surface area contributed by atoms with Gasteiger partial charge in [-0.15, -0.1) is 5.10 Å². The second kappa shape index (κ2) is 5.61. The minimum atomic E-state index is -1.04. The van der Waals surface area contributed by atoms with Crippen molar-refractivity contribution in [1.82, 2.24) is 20.2 Å². The third kappa shape index (κ3) is 2.82. The first-order valence-corrected chi connectivity index (χ1v) is 7.45. The van der Waals surface area contributed by atoms with E-state index in [1.54, 1.807) is 13.2 Å². The molecule has 0 spiro atoms. The minimum Gasteiger partial charge on any atom is -0.398 e. The van der Waals surface area contributed by atoms with Crippen LogP contribution in [-0.2, 0) is 10.8 Å². The Kier molecular flexibility index (Phi) is 4.07. The van der Waals surface area contributed by atoms with Crippen LogP contribution < -0.4 is 5.73 Å². The van der Waals surface area contributed by atoms with Crippen molar-refractivity contribution in [3.8, 4) is 11.4 Å². The molecule has 2 rings (SSSR count). The predicted molar refractivity (Wildman–Crippen MR) is 71.2 cm³/mol. The van der Waals surface area contributed by atoms with Crippen LogP contribution in [0.5, 0.6) is 0 Å². The normalized spacial score (nSPS) is 14.2. The Balaban J connectivity index is 2.47. The van der Waals surface area contributed by atoms with Crippen LogP contribution in [0.2, 0.25) is 0 Å². The standard InChI is InChI=1S/C11H13F2N5OS/c1-6(5-20(2)19)18-11(15-16-17-18)7-3-8(12)9(13)4-10(7)14/h3-4,6H,5,14H2,1-2H3. The summed E-state index contributed by atoms with van der Waals surface area (Å²) in [5, 5.41) is 11.1. The first-order valence-electron chi connectivity index (χ1n) is 5.73. The number of nitrogens with two attached hydrogens (primary N) is 1. The van der Waals surface area contributed by atoms with Crippen molar-refractivity contribution in [3.05, 3.63) is 23.8 Å². The smallest absolute Gasteiger partial charge is 0.184 e. The summed E-state index contributed by atoms with van der Waals surface area (Å²) < 4.78 is 39.1. The van der Waals surface area contributed by atoms with Crippen LogP contribution in [0.25, 0.3) is 11.4 Å². The number of tetrazole rings is 1. The highest BCUT2D eigenvalue weighted by Crippen LogP contribution is 2.27. The van der Waals surface area contributed by atoms with E-state index in [4.69, 9.17) is 5.73 Å². The Labute approximate surface area is 116 Å². The van der Waals surface area contributed by atoms with Gasteiger partial charge in [-0.3, -0.25) is 4.21 Å². The van der Waals surface area contributed by atoms with Crippen molar-refractivity contribution < 1.29 is 13.0 Å². The van der Waals surface area contributed by atoms with Gasteiger partial charge in [0.1, 0.15) is 0 Å². The Hall–Kier alpha value is -1.90. The Morgan fingerprint density at radius 3 is 2.70 bits per heavy atom. The number of hydrogen-bond acceptors (Lipinski definition) is 5. The van der Waals surface area contributed by atoms with Gasteiger partial charge >= 0.3 is 0 Å². The molecular formula is C11H13F2N5OS. The fourth-order valence-electron chi connectivity index (χ4n) is 1.83. The number of rotatable bonds is 4. The van der Waals surface area contributed by atoms with Crippen molar-refractivity contribution in [2.75, 3.05) is 17.7 Å².